The summed E-state index contributed by atoms with van der Waals surface area (Å²) in [6.07, 6.45) is -3.31. The first-order chi connectivity index (χ1) is 8.78. The number of hydrogen-bond acceptors (Lipinski definition) is 3. The number of nitrogens with one attached hydrogen (secondary N) is 1. The number of ether oxygens (including phenoxy) is 1. The van der Waals surface area contributed by atoms with Crippen LogP contribution in [-0.4, -0.2) is 36.5 Å². The number of carboxylic acid groups (broad SMARTS) is 1. The summed E-state index contributed by atoms with van der Waals surface area (Å²) < 4.78 is 39.3. The minimum absolute atomic E-state index is 0.0917. The Kier molecular flexibility index (Phi) is 5.44. The van der Waals surface area contributed by atoms with Gasteiger partial charge >= 0.3 is 18.2 Å². The molecule has 0 aromatic rings. The quantitative estimate of drug-likeness (QED) is 0.829. The largest absolute Gasteiger partial charge is 0.481 e. The monoisotopic (exact) mass is 283 g/mol. The van der Waals surface area contributed by atoms with Gasteiger partial charge < -0.3 is 15.2 Å². The molecule has 0 spiro atoms. The van der Waals surface area contributed by atoms with Gasteiger partial charge in [0.1, 0.15) is 0 Å². The van der Waals surface area contributed by atoms with Crippen LogP contribution in [0.1, 0.15) is 25.7 Å². The summed E-state index contributed by atoms with van der Waals surface area (Å²) in [5.74, 6) is -1.08. The minimum atomic E-state index is -4.53. The SMILES string of the molecule is O=C(NCC1CCC(C(=O)O)CC1)OCC(F)(F)F. The van der Waals surface area contributed by atoms with Crippen LogP contribution in [0.25, 0.3) is 0 Å². The maximum atomic E-state index is 11.8. The van der Waals surface area contributed by atoms with Crippen LogP contribution in [0.15, 0.2) is 0 Å². The maximum Gasteiger partial charge on any atom is 0.422 e. The fraction of sp³-hybridized carbons (Fsp3) is 0.818. The number of carbonyl (C=O) groups excluding carboxylic acids is 1. The van der Waals surface area contributed by atoms with E-state index in [9.17, 15) is 22.8 Å². The predicted molar refractivity (Wildman–Crippen MR) is 58.5 cm³/mol. The third-order valence-corrected chi connectivity index (χ3v) is 3.10. The van der Waals surface area contributed by atoms with Gasteiger partial charge in [-0.1, -0.05) is 0 Å². The molecule has 0 aliphatic heterocycles. The second kappa shape index (κ2) is 6.63. The van der Waals surface area contributed by atoms with E-state index in [-0.39, 0.29) is 18.4 Å². The van der Waals surface area contributed by atoms with Crippen LogP contribution in [0.4, 0.5) is 18.0 Å². The molecule has 0 aromatic carbocycles. The van der Waals surface area contributed by atoms with Crippen LogP contribution in [0.2, 0.25) is 0 Å². The van der Waals surface area contributed by atoms with Gasteiger partial charge in [-0.3, -0.25) is 4.79 Å². The fourth-order valence-electron chi connectivity index (χ4n) is 2.04. The van der Waals surface area contributed by atoms with Crippen LogP contribution < -0.4 is 5.32 Å². The smallest absolute Gasteiger partial charge is 0.422 e. The van der Waals surface area contributed by atoms with Gasteiger partial charge in [-0.05, 0) is 31.6 Å². The first-order valence-corrected chi connectivity index (χ1v) is 5.98. The Morgan fingerprint density at radius 2 is 1.79 bits per heavy atom. The molecule has 1 aliphatic rings. The highest BCUT2D eigenvalue weighted by molar-refractivity contribution is 5.70. The number of amides is 1. The van der Waals surface area contributed by atoms with Crippen molar-refractivity contribution in [1.82, 2.24) is 5.32 Å². The third-order valence-electron chi connectivity index (χ3n) is 3.10. The van der Waals surface area contributed by atoms with E-state index in [0.29, 0.717) is 25.7 Å². The van der Waals surface area contributed by atoms with Crippen molar-refractivity contribution in [2.24, 2.45) is 11.8 Å². The highest BCUT2D eigenvalue weighted by Crippen LogP contribution is 2.28. The van der Waals surface area contributed by atoms with Crippen molar-refractivity contribution in [3.05, 3.63) is 0 Å². The molecule has 5 nitrogen and oxygen atoms in total. The van der Waals surface area contributed by atoms with Crippen molar-refractivity contribution in [3.8, 4) is 0 Å². The second-order valence-electron chi connectivity index (χ2n) is 4.63. The molecular formula is C11H16F3NO4. The Bertz CT molecular complexity index is 324. The summed E-state index contributed by atoms with van der Waals surface area (Å²) in [5, 5.41) is 11.1. The standard InChI is InChI=1S/C11H16F3NO4/c12-11(13,14)6-19-10(18)15-5-7-1-3-8(4-2-7)9(16)17/h7-8H,1-6H2,(H,15,18)(H,16,17). The molecular weight excluding hydrogens is 267 g/mol. The van der Waals surface area contributed by atoms with Crippen molar-refractivity contribution < 1.29 is 32.6 Å². The zero-order chi connectivity index (χ0) is 14.5. The Hall–Kier alpha value is -1.47. The van der Waals surface area contributed by atoms with E-state index in [0.717, 1.165) is 0 Å². The molecule has 0 atom stereocenters. The lowest BCUT2D eigenvalue weighted by atomic mass is 9.82. The van der Waals surface area contributed by atoms with E-state index in [1.165, 1.54) is 0 Å². The zero-order valence-electron chi connectivity index (χ0n) is 10.2. The Balaban J connectivity index is 2.17. The van der Waals surface area contributed by atoms with Gasteiger partial charge in [-0.2, -0.15) is 13.2 Å². The van der Waals surface area contributed by atoms with Gasteiger partial charge in [0.25, 0.3) is 0 Å². The van der Waals surface area contributed by atoms with Crippen LogP contribution >= 0.6 is 0 Å². The average molecular weight is 283 g/mol. The second-order valence-corrected chi connectivity index (χ2v) is 4.63. The summed E-state index contributed by atoms with van der Waals surface area (Å²) >= 11 is 0. The summed E-state index contributed by atoms with van der Waals surface area (Å²) in [4.78, 5) is 21.7. The number of carboxylic acids is 1. The predicted octanol–water partition coefficient (Wildman–Crippen LogP) is 2.17. The summed E-state index contributed by atoms with van der Waals surface area (Å²) in [7, 11) is 0. The van der Waals surface area contributed by atoms with Gasteiger partial charge in [0.15, 0.2) is 6.61 Å². The number of carbonyl (C=O) groups is 2. The first kappa shape index (κ1) is 15.6. The van der Waals surface area contributed by atoms with Crippen LogP contribution in [-0.2, 0) is 9.53 Å². The molecule has 1 amide bonds. The molecule has 8 heteroatoms. The first-order valence-electron chi connectivity index (χ1n) is 5.98. The minimum Gasteiger partial charge on any atom is -0.481 e. The zero-order valence-corrected chi connectivity index (χ0v) is 10.2. The number of rotatable bonds is 4. The van der Waals surface area contributed by atoms with Crippen molar-refractivity contribution in [1.29, 1.82) is 0 Å². The highest BCUT2D eigenvalue weighted by atomic mass is 19.4. The van der Waals surface area contributed by atoms with Crippen molar-refractivity contribution in [3.63, 3.8) is 0 Å². The molecule has 19 heavy (non-hydrogen) atoms. The number of hydrogen-bond donors (Lipinski definition) is 2. The van der Waals surface area contributed by atoms with Crippen molar-refractivity contribution >= 4 is 12.1 Å². The van der Waals surface area contributed by atoms with Gasteiger partial charge in [0, 0.05) is 6.54 Å². The van der Waals surface area contributed by atoms with Crippen LogP contribution in [0.3, 0.4) is 0 Å². The lowest BCUT2D eigenvalue weighted by Crippen LogP contribution is -2.34. The number of alkyl halides is 3. The topological polar surface area (TPSA) is 75.6 Å². The molecule has 0 heterocycles. The molecule has 1 aliphatic carbocycles. The van der Waals surface area contributed by atoms with Gasteiger partial charge in [-0.25, -0.2) is 4.79 Å². The molecule has 1 rings (SSSR count). The fourth-order valence-corrected chi connectivity index (χ4v) is 2.04. The molecule has 0 radical (unpaired) electrons. The van der Waals surface area contributed by atoms with E-state index < -0.39 is 24.8 Å². The highest BCUT2D eigenvalue weighted by Gasteiger charge is 2.30. The van der Waals surface area contributed by atoms with E-state index >= 15 is 0 Å². The molecule has 1 fully saturated rings. The Morgan fingerprint density at radius 1 is 1.21 bits per heavy atom. The Labute approximate surface area is 108 Å². The normalized spacial score (nSPS) is 23.7. The van der Waals surface area contributed by atoms with Gasteiger partial charge in [-0.15, -0.1) is 0 Å². The van der Waals surface area contributed by atoms with Gasteiger partial charge in [0.2, 0.25) is 0 Å². The lowest BCUT2D eigenvalue weighted by molar-refractivity contribution is -0.160. The van der Waals surface area contributed by atoms with E-state index in [1.54, 1.807) is 0 Å². The number of alkyl carbamates (subject to hydrolysis) is 1. The number of halogens is 3. The van der Waals surface area contributed by atoms with E-state index in [1.807, 2.05) is 0 Å². The molecule has 1 saturated carbocycles. The molecule has 2 N–H and O–H groups in total. The van der Waals surface area contributed by atoms with Crippen molar-refractivity contribution in [2.45, 2.75) is 31.9 Å². The average Bonchev–Trinajstić information content (AvgIpc) is 2.33. The van der Waals surface area contributed by atoms with Crippen LogP contribution in [0, 0.1) is 11.8 Å². The molecule has 110 valence electrons. The van der Waals surface area contributed by atoms with E-state index in [2.05, 4.69) is 10.1 Å². The molecule has 0 unspecified atom stereocenters. The number of aliphatic carboxylic acids is 1. The molecule has 0 saturated heterocycles. The van der Waals surface area contributed by atoms with Crippen molar-refractivity contribution in [2.75, 3.05) is 13.2 Å². The van der Waals surface area contributed by atoms with Gasteiger partial charge in [0.05, 0.1) is 5.92 Å². The summed E-state index contributed by atoms with van der Waals surface area (Å²) in [6, 6.07) is 0. The lowest BCUT2D eigenvalue weighted by Gasteiger charge is -2.26. The molecule has 0 aromatic heterocycles. The maximum absolute atomic E-state index is 11.8. The Morgan fingerprint density at radius 3 is 2.26 bits per heavy atom. The third kappa shape index (κ3) is 6.30. The van der Waals surface area contributed by atoms with Crippen LogP contribution in [0.5, 0.6) is 0 Å². The summed E-state index contributed by atoms with van der Waals surface area (Å²) in [5.41, 5.74) is 0. The van der Waals surface area contributed by atoms with E-state index in [4.69, 9.17) is 5.11 Å². The summed E-state index contributed by atoms with van der Waals surface area (Å²) in [6.45, 7) is -1.40. The molecule has 0 bridgehead atoms.